The van der Waals surface area contributed by atoms with E-state index in [4.69, 9.17) is 14.3 Å². The SMILES string of the molecule is CCC1=C(CC)/C(=C2/C=C(c3[nH]c(-c4ccc[nH]4)c(CC)c3CC)O[B-](F)(F)O2)N=C1c1ccc[nH]1. The quantitative estimate of drug-likeness (QED) is 0.310. The molecule has 0 aliphatic carbocycles. The van der Waals surface area contributed by atoms with Crippen molar-refractivity contribution in [2.45, 2.75) is 53.4 Å². The Bertz CT molecular complexity index is 1390. The zero-order chi connectivity index (χ0) is 25.4. The van der Waals surface area contributed by atoms with Crippen LogP contribution < -0.4 is 0 Å². The maximum absolute atomic E-state index is 15.0. The fraction of sp³-hybridized carbons (Fsp3) is 0.296. The monoisotopic (exact) mass is 491 g/mol. The minimum absolute atomic E-state index is 0.0294. The highest BCUT2D eigenvalue weighted by Gasteiger charge is 2.41. The molecule has 2 aliphatic rings. The van der Waals surface area contributed by atoms with Gasteiger partial charge < -0.3 is 32.9 Å². The molecular formula is C27H30BF2N4O2-. The number of hydrogen-bond donors (Lipinski definition) is 3. The molecule has 9 heteroatoms. The number of halogens is 2. The summed E-state index contributed by atoms with van der Waals surface area (Å²) in [6, 6.07) is 7.70. The van der Waals surface area contributed by atoms with E-state index >= 15 is 0 Å². The van der Waals surface area contributed by atoms with Crippen LogP contribution in [-0.2, 0) is 22.2 Å². The first kappa shape index (κ1) is 24.0. The van der Waals surface area contributed by atoms with Gasteiger partial charge in [-0.15, -0.1) is 0 Å². The van der Waals surface area contributed by atoms with Gasteiger partial charge in [-0.2, -0.15) is 0 Å². The van der Waals surface area contributed by atoms with Gasteiger partial charge in [-0.25, -0.2) is 4.99 Å². The molecule has 0 saturated carbocycles. The van der Waals surface area contributed by atoms with Crippen molar-refractivity contribution in [3.8, 4) is 11.4 Å². The topological polar surface area (TPSA) is 78.2 Å². The van der Waals surface area contributed by atoms with Crippen molar-refractivity contribution < 1.29 is 17.9 Å². The molecule has 0 atom stereocenters. The molecule has 36 heavy (non-hydrogen) atoms. The Kier molecular flexibility index (Phi) is 6.24. The van der Waals surface area contributed by atoms with Gasteiger partial charge in [0.2, 0.25) is 0 Å². The summed E-state index contributed by atoms with van der Waals surface area (Å²) in [7, 11) is -4.59. The van der Waals surface area contributed by atoms with E-state index in [-0.39, 0.29) is 11.5 Å². The Labute approximate surface area is 209 Å². The van der Waals surface area contributed by atoms with Crippen molar-refractivity contribution in [3.05, 3.63) is 87.9 Å². The lowest BCUT2D eigenvalue weighted by molar-refractivity contribution is 0.171. The third kappa shape index (κ3) is 4.02. The molecule has 5 heterocycles. The molecule has 188 valence electrons. The summed E-state index contributed by atoms with van der Waals surface area (Å²) in [5.74, 6) is 0.0943. The lowest BCUT2D eigenvalue weighted by Crippen LogP contribution is -2.34. The standard InChI is InChI=1S/C27H30BF2N4O2/c1-5-16-18(7-3)26(33-24(16)20-11-9-13-31-20)22-15-23(36-28(29,30)35-22)27-19(8-4)17(6-2)25(34-27)21-12-10-14-32-21/h9-15,31-33H,5-8H2,1-4H3/q-1/b27-23+. The molecule has 0 aromatic carbocycles. The molecule has 0 unspecified atom stereocenters. The number of hydrogen-bond acceptors (Lipinski definition) is 3. The Hall–Kier alpha value is -3.75. The van der Waals surface area contributed by atoms with Crippen LogP contribution in [0.5, 0.6) is 0 Å². The lowest BCUT2D eigenvalue weighted by atomic mass is 9.97. The third-order valence-electron chi connectivity index (χ3n) is 6.78. The summed E-state index contributed by atoms with van der Waals surface area (Å²) in [4.78, 5) is 14.6. The van der Waals surface area contributed by atoms with Gasteiger partial charge >= 0.3 is 7.11 Å². The third-order valence-corrected chi connectivity index (χ3v) is 6.78. The molecule has 2 aliphatic heterocycles. The van der Waals surface area contributed by atoms with Crippen LogP contribution in [0.4, 0.5) is 8.63 Å². The molecule has 0 amide bonds. The zero-order valence-electron chi connectivity index (χ0n) is 21.0. The molecule has 3 N–H and O–H groups in total. The molecule has 0 saturated heterocycles. The van der Waals surface area contributed by atoms with Crippen LogP contribution in [-0.4, -0.2) is 27.8 Å². The smallest absolute Gasteiger partial charge is 0.626 e. The minimum Gasteiger partial charge on any atom is -0.626 e. The van der Waals surface area contributed by atoms with Crippen molar-refractivity contribution in [2.75, 3.05) is 0 Å². The molecule has 0 radical (unpaired) electrons. The van der Waals surface area contributed by atoms with Gasteiger partial charge in [0.1, 0.15) is 17.2 Å². The van der Waals surface area contributed by atoms with Crippen LogP contribution in [0.1, 0.15) is 63.1 Å². The fourth-order valence-electron chi connectivity index (χ4n) is 5.24. The van der Waals surface area contributed by atoms with Crippen molar-refractivity contribution in [1.82, 2.24) is 15.0 Å². The lowest BCUT2D eigenvalue weighted by Gasteiger charge is -2.35. The number of rotatable bonds is 7. The molecule has 3 aromatic heterocycles. The second-order valence-corrected chi connectivity index (χ2v) is 8.82. The summed E-state index contributed by atoms with van der Waals surface area (Å²) in [5, 5.41) is 0. The van der Waals surface area contributed by atoms with E-state index in [1.165, 1.54) is 0 Å². The van der Waals surface area contributed by atoms with E-state index in [0.717, 1.165) is 57.9 Å². The average molecular weight is 491 g/mol. The van der Waals surface area contributed by atoms with Gasteiger partial charge in [-0.05, 0) is 72.2 Å². The van der Waals surface area contributed by atoms with E-state index in [0.29, 0.717) is 24.2 Å². The minimum atomic E-state index is -4.59. The number of allylic oxidation sites excluding steroid dienone is 3. The van der Waals surface area contributed by atoms with Gasteiger partial charge in [0, 0.05) is 18.5 Å². The molecular weight excluding hydrogens is 461 g/mol. The van der Waals surface area contributed by atoms with Gasteiger partial charge in [0.05, 0.1) is 28.5 Å². The van der Waals surface area contributed by atoms with Crippen LogP contribution in [0, 0.1) is 0 Å². The summed E-state index contributed by atoms with van der Waals surface area (Å²) in [5.41, 5.74) is 8.34. The molecule has 5 rings (SSSR count). The number of aliphatic imine (C=N–C) groups is 1. The van der Waals surface area contributed by atoms with Crippen LogP contribution in [0.15, 0.2) is 70.3 Å². The van der Waals surface area contributed by atoms with Gasteiger partial charge in [0.25, 0.3) is 0 Å². The number of H-pyrrole nitrogens is 3. The summed E-state index contributed by atoms with van der Waals surface area (Å²) < 4.78 is 40.3. The number of aromatic amines is 3. The Morgan fingerprint density at radius 2 is 1.44 bits per heavy atom. The van der Waals surface area contributed by atoms with Crippen molar-refractivity contribution in [1.29, 1.82) is 0 Å². The highest BCUT2D eigenvalue weighted by atomic mass is 19.3. The van der Waals surface area contributed by atoms with E-state index in [9.17, 15) is 8.63 Å². The van der Waals surface area contributed by atoms with Crippen LogP contribution in [0.2, 0.25) is 0 Å². The maximum atomic E-state index is 15.0. The number of nitrogens with one attached hydrogen (secondary N) is 3. The second kappa shape index (κ2) is 9.37. The van der Waals surface area contributed by atoms with Crippen molar-refractivity contribution >= 4 is 18.6 Å². The van der Waals surface area contributed by atoms with Crippen molar-refractivity contribution in [3.63, 3.8) is 0 Å². The van der Waals surface area contributed by atoms with Crippen LogP contribution >= 0.6 is 0 Å². The number of nitrogens with zero attached hydrogens (tertiary/aromatic N) is 1. The van der Waals surface area contributed by atoms with E-state index in [2.05, 4.69) is 21.9 Å². The Morgan fingerprint density at radius 1 is 0.806 bits per heavy atom. The number of aromatic nitrogens is 3. The fourth-order valence-corrected chi connectivity index (χ4v) is 5.24. The van der Waals surface area contributed by atoms with Gasteiger partial charge in [-0.1, -0.05) is 27.7 Å². The zero-order valence-corrected chi connectivity index (χ0v) is 21.0. The summed E-state index contributed by atoms with van der Waals surface area (Å²) in [6.07, 6.45) is 8.00. The predicted molar refractivity (Wildman–Crippen MR) is 139 cm³/mol. The van der Waals surface area contributed by atoms with E-state index in [1.54, 1.807) is 6.08 Å². The van der Waals surface area contributed by atoms with E-state index < -0.39 is 7.11 Å². The van der Waals surface area contributed by atoms with E-state index in [1.807, 2.05) is 57.4 Å². The first-order valence-corrected chi connectivity index (χ1v) is 12.6. The summed E-state index contributed by atoms with van der Waals surface area (Å²) >= 11 is 0. The normalized spacial score (nSPS) is 19.3. The largest absolute Gasteiger partial charge is 0.726 e. The highest BCUT2D eigenvalue weighted by Crippen LogP contribution is 2.41. The maximum Gasteiger partial charge on any atom is 0.726 e. The molecule has 0 fully saturated rings. The van der Waals surface area contributed by atoms with Crippen LogP contribution in [0.25, 0.3) is 17.1 Å². The van der Waals surface area contributed by atoms with Gasteiger partial charge in [0.15, 0.2) is 0 Å². The summed E-state index contributed by atoms with van der Waals surface area (Å²) in [6.45, 7) is 8.12. The molecule has 0 bridgehead atoms. The van der Waals surface area contributed by atoms with Crippen molar-refractivity contribution in [2.24, 2.45) is 4.99 Å². The Morgan fingerprint density at radius 3 is 2.03 bits per heavy atom. The Balaban J connectivity index is 1.70. The van der Waals surface area contributed by atoms with Gasteiger partial charge in [-0.3, -0.25) is 0 Å². The highest BCUT2D eigenvalue weighted by molar-refractivity contribution is 6.53. The molecule has 3 aromatic rings. The predicted octanol–water partition coefficient (Wildman–Crippen LogP) is 7.06. The molecule has 6 nitrogen and oxygen atoms in total. The molecule has 0 spiro atoms. The first-order valence-electron chi connectivity index (χ1n) is 12.6. The average Bonchev–Trinajstić information content (AvgIpc) is 3.66. The van der Waals surface area contributed by atoms with Crippen LogP contribution in [0.3, 0.4) is 0 Å². The second-order valence-electron chi connectivity index (χ2n) is 8.82. The first-order chi connectivity index (χ1) is 17.4.